The average Bonchev–Trinajstić information content (AvgIpc) is 2.18. The molecule has 1 aromatic rings. The molecule has 82 valence electrons. The molecule has 0 atom stereocenters. The standard InChI is InChI=1S/C9H8F3NO2/c10-7-2-1-5(13)3-6(7)9(14)15-4-8(11)12/h1-3,8H,4,13H2. The first-order valence-corrected chi connectivity index (χ1v) is 4.01. The summed E-state index contributed by atoms with van der Waals surface area (Å²) in [5.74, 6) is -2.01. The molecule has 1 rings (SSSR count). The lowest BCUT2D eigenvalue weighted by molar-refractivity contribution is 0.0156. The zero-order chi connectivity index (χ0) is 11.4. The molecule has 0 unspecified atom stereocenters. The Bertz CT molecular complexity index is 368. The molecule has 0 heterocycles. The van der Waals surface area contributed by atoms with Gasteiger partial charge in [0, 0.05) is 5.69 Å². The van der Waals surface area contributed by atoms with Crippen molar-refractivity contribution in [1.82, 2.24) is 0 Å². The van der Waals surface area contributed by atoms with E-state index in [2.05, 4.69) is 4.74 Å². The second kappa shape index (κ2) is 4.68. The molecule has 0 aromatic heterocycles. The molecule has 2 N–H and O–H groups in total. The highest BCUT2D eigenvalue weighted by Gasteiger charge is 2.15. The number of hydrogen-bond acceptors (Lipinski definition) is 3. The highest BCUT2D eigenvalue weighted by atomic mass is 19.3. The van der Waals surface area contributed by atoms with Crippen LogP contribution in [0.1, 0.15) is 10.4 Å². The number of nitrogen functional groups attached to an aromatic ring is 1. The summed E-state index contributed by atoms with van der Waals surface area (Å²) in [6.45, 7) is -1.06. The lowest BCUT2D eigenvalue weighted by atomic mass is 10.2. The predicted molar refractivity (Wildman–Crippen MR) is 47.1 cm³/mol. The normalized spacial score (nSPS) is 10.4. The third-order valence-electron chi connectivity index (χ3n) is 1.55. The van der Waals surface area contributed by atoms with Gasteiger partial charge in [-0.15, -0.1) is 0 Å². The lowest BCUT2D eigenvalue weighted by Gasteiger charge is -2.05. The van der Waals surface area contributed by atoms with Crippen molar-refractivity contribution in [3.8, 4) is 0 Å². The van der Waals surface area contributed by atoms with Gasteiger partial charge in [0.15, 0.2) is 6.61 Å². The number of alkyl halides is 2. The minimum atomic E-state index is -2.78. The fourth-order valence-corrected chi connectivity index (χ4v) is 0.916. The molecular formula is C9H8F3NO2. The monoisotopic (exact) mass is 219 g/mol. The van der Waals surface area contributed by atoms with Crippen LogP contribution in [0.3, 0.4) is 0 Å². The molecule has 6 heteroatoms. The van der Waals surface area contributed by atoms with Crippen LogP contribution in [0.15, 0.2) is 18.2 Å². The molecular weight excluding hydrogens is 211 g/mol. The number of esters is 1. The van der Waals surface area contributed by atoms with Crippen LogP contribution in [0.25, 0.3) is 0 Å². The Labute approximate surface area is 83.6 Å². The molecule has 15 heavy (non-hydrogen) atoms. The summed E-state index contributed by atoms with van der Waals surface area (Å²) in [6.07, 6.45) is -2.78. The van der Waals surface area contributed by atoms with Crippen molar-refractivity contribution in [3.05, 3.63) is 29.6 Å². The van der Waals surface area contributed by atoms with Crippen LogP contribution in [-0.2, 0) is 4.74 Å². The van der Waals surface area contributed by atoms with Crippen molar-refractivity contribution in [2.75, 3.05) is 12.3 Å². The summed E-state index contributed by atoms with van der Waals surface area (Å²) in [4.78, 5) is 11.1. The lowest BCUT2D eigenvalue weighted by Crippen LogP contribution is -2.13. The van der Waals surface area contributed by atoms with Crippen molar-refractivity contribution in [1.29, 1.82) is 0 Å². The molecule has 0 radical (unpaired) electrons. The van der Waals surface area contributed by atoms with E-state index in [0.717, 1.165) is 12.1 Å². The summed E-state index contributed by atoms with van der Waals surface area (Å²) in [7, 11) is 0. The quantitative estimate of drug-likeness (QED) is 0.623. The molecule has 0 aliphatic carbocycles. The van der Waals surface area contributed by atoms with E-state index in [1.165, 1.54) is 6.07 Å². The van der Waals surface area contributed by atoms with Crippen molar-refractivity contribution >= 4 is 11.7 Å². The van der Waals surface area contributed by atoms with Crippen molar-refractivity contribution < 1.29 is 22.7 Å². The van der Waals surface area contributed by atoms with Gasteiger partial charge >= 0.3 is 5.97 Å². The first-order valence-electron chi connectivity index (χ1n) is 4.01. The molecule has 1 aromatic carbocycles. The van der Waals surface area contributed by atoms with Crippen LogP contribution in [0.4, 0.5) is 18.9 Å². The maximum atomic E-state index is 13.0. The van der Waals surface area contributed by atoms with Crippen molar-refractivity contribution in [3.63, 3.8) is 0 Å². The minimum absolute atomic E-state index is 0.153. The SMILES string of the molecule is Nc1ccc(F)c(C(=O)OCC(F)F)c1. The fraction of sp³-hybridized carbons (Fsp3) is 0.222. The number of hydrogen-bond donors (Lipinski definition) is 1. The smallest absolute Gasteiger partial charge is 0.341 e. The van der Waals surface area contributed by atoms with E-state index in [9.17, 15) is 18.0 Å². The minimum Gasteiger partial charge on any atom is -0.456 e. The third-order valence-corrected chi connectivity index (χ3v) is 1.55. The molecule has 0 aliphatic heterocycles. The highest BCUT2D eigenvalue weighted by molar-refractivity contribution is 5.90. The van der Waals surface area contributed by atoms with Crippen LogP contribution in [0.5, 0.6) is 0 Å². The highest BCUT2D eigenvalue weighted by Crippen LogP contribution is 2.13. The largest absolute Gasteiger partial charge is 0.456 e. The number of carbonyl (C=O) groups is 1. The molecule has 0 bridgehead atoms. The van der Waals surface area contributed by atoms with Gasteiger partial charge in [-0.25, -0.2) is 18.0 Å². The maximum absolute atomic E-state index is 13.0. The van der Waals surface area contributed by atoms with Gasteiger partial charge in [0.05, 0.1) is 5.56 Å². The number of halogens is 3. The van der Waals surface area contributed by atoms with E-state index in [4.69, 9.17) is 5.73 Å². The summed E-state index contributed by atoms with van der Waals surface area (Å²) < 4.78 is 40.5. The van der Waals surface area contributed by atoms with Crippen LogP contribution in [0.2, 0.25) is 0 Å². The topological polar surface area (TPSA) is 52.3 Å². The molecule has 0 amide bonds. The van der Waals surface area contributed by atoms with Gasteiger partial charge in [0.2, 0.25) is 0 Å². The number of carbonyl (C=O) groups excluding carboxylic acids is 1. The number of ether oxygens (including phenoxy) is 1. The molecule has 0 fully saturated rings. The van der Waals surface area contributed by atoms with Gasteiger partial charge in [-0.3, -0.25) is 0 Å². The summed E-state index contributed by atoms with van der Waals surface area (Å²) in [5, 5.41) is 0. The first-order chi connectivity index (χ1) is 7.00. The third kappa shape index (κ3) is 3.16. The van der Waals surface area contributed by atoms with Gasteiger partial charge in [0.25, 0.3) is 6.43 Å². The van der Waals surface area contributed by atoms with Gasteiger partial charge in [-0.2, -0.15) is 0 Å². The summed E-state index contributed by atoms with van der Waals surface area (Å²) in [5.41, 5.74) is 5.00. The zero-order valence-electron chi connectivity index (χ0n) is 7.54. The Balaban J connectivity index is 2.77. The van der Waals surface area contributed by atoms with E-state index >= 15 is 0 Å². The first kappa shape index (κ1) is 11.4. The molecule has 0 saturated carbocycles. The van der Waals surface area contributed by atoms with Crippen LogP contribution < -0.4 is 5.73 Å². The number of nitrogens with two attached hydrogens (primary N) is 1. The molecule has 0 spiro atoms. The molecule has 0 saturated heterocycles. The van der Waals surface area contributed by atoms with Crippen molar-refractivity contribution in [2.45, 2.75) is 6.43 Å². The van der Waals surface area contributed by atoms with E-state index in [0.29, 0.717) is 0 Å². The Morgan fingerprint density at radius 3 is 2.73 bits per heavy atom. The number of benzene rings is 1. The zero-order valence-corrected chi connectivity index (χ0v) is 7.54. The number of anilines is 1. The van der Waals surface area contributed by atoms with Crippen LogP contribution >= 0.6 is 0 Å². The predicted octanol–water partition coefficient (Wildman–Crippen LogP) is 1.83. The second-order valence-electron chi connectivity index (χ2n) is 2.73. The van der Waals surface area contributed by atoms with Gasteiger partial charge < -0.3 is 10.5 Å². The van der Waals surface area contributed by atoms with Crippen LogP contribution in [-0.4, -0.2) is 19.0 Å². The van der Waals surface area contributed by atoms with Gasteiger partial charge in [-0.05, 0) is 18.2 Å². The van der Waals surface area contributed by atoms with Crippen LogP contribution in [0, 0.1) is 5.82 Å². The van der Waals surface area contributed by atoms with E-state index in [-0.39, 0.29) is 5.69 Å². The Morgan fingerprint density at radius 1 is 1.47 bits per heavy atom. The number of rotatable bonds is 3. The van der Waals surface area contributed by atoms with E-state index < -0.39 is 30.4 Å². The Kier molecular flexibility index (Phi) is 3.54. The molecule has 0 aliphatic rings. The van der Waals surface area contributed by atoms with E-state index in [1.54, 1.807) is 0 Å². The Hall–Kier alpha value is -1.72. The van der Waals surface area contributed by atoms with E-state index in [1.807, 2.05) is 0 Å². The maximum Gasteiger partial charge on any atom is 0.341 e. The molecule has 3 nitrogen and oxygen atoms in total. The van der Waals surface area contributed by atoms with Crippen molar-refractivity contribution in [2.24, 2.45) is 0 Å². The second-order valence-corrected chi connectivity index (χ2v) is 2.73. The van der Waals surface area contributed by atoms with Gasteiger partial charge in [-0.1, -0.05) is 0 Å². The van der Waals surface area contributed by atoms with Gasteiger partial charge in [0.1, 0.15) is 5.82 Å². The average molecular weight is 219 g/mol. The summed E-state index contributed by atoms with van der Waals surface area (Å²) >= 11 is 0. The fourth-order valence-electron chi connectivity index (χ4n) is 0.916. The Morgan fingerprint density at radius 2 is 2.13 bits per heavy atom. The summed E-state index contributed by atoms with van der Waals surface area (Å²) in [6, 6.07) is 3.25.